The summed E-state index contributed by atoms with van der Waals surface area (Å²) in [6.07, 6.45) is 3.17. The van der Waals surface area contributed by atoms with Gasteiger partial charge in [0, 0.05) is 12.3 Å². The molecule has 0 bridgehead atoms. The zero-order chi connectivity index (χ0) is 22.4. The lowest BCUT2D eigenvalue weighted by Gasteiger charge is -2.50. The van der Waals surface area contributed by atoms with Crippen LogP contribution >= 0.6 is 0 Å². The van der Waals surface area contributed by atoms with Crippen molar-refractivity contribution in [1.82, 2.24) is 0 Å². The van der Waals surface area contributed by atoms with Crippen molar-refractivity contribution in [1.29, 1.82) is 0 Å². The van der Waals surface area contributed by atoms with E-state index in [4.69, 9.17) is 9.84 Å². The predicted octanol–water partition coefficient (Wildman–Crippen LogP) is 5.00. The summed E-state index contributed by atoms with van der Waals surface area (Å²) in [7, 11) is 0. The highest BCUT2D eigenvalue weighted by Crippen LogP contribution is 2.50. The predicted molar refractivity (Wildman–Crippen MR) is 114 cm³/mol. The summed E-state index contributed by atoms with van der Waals surface area (Å²) in [4.78, 5) is 23.2. The fourth-order valence-corrected chi connectivity index (χ4v) is 5.74. The molecule has 2 aliphatic carbocycles. The number of rotatable bonds is 10. The second-order valence-electron chi connectivity index (χ2n) is 10.1. The Morgan fingerprint density at radius 1 is 1.20 bits per heavy atom. The third-order valence-corrected chi connectivity index (χ3v) is 7.57. The molecular formula is C24H41FO5. The van der Waals surface area contributed by atoms with Crippen LogP contribution in [0.3, 0.4) is 0 Å². The first-order valence-electron chi connectivity index (χ1n) is 11.9. The topological polar surface area (TPSA) is 83.8 Å². The van der Waals surface area contributed by atoms with Gasteiger partial charge in [0.1, 0.15) is 12.3 Å². The van der Waals surface area contributed by atoms with Crippen LogP contribution in [-0.4, -0.2) is 40.5 Å². The van der Waals surface area contributed by atoms with Crippen LogP contribution in [-0.2, 0) is 14.3 Å². The molecule has 2 saturated carbocycles. The Balaban J connectivity index is 2.04. The summed E-state index contributed by atoms with van der Waals surface area (Å²) >= 11 is 0. The van der Waals surface area contributed by atoms with Gasteiger partial charge in [-0.2, -0.15) is 0 Å². The molecule has 0 aromatic rings. The third kappa shape index (κ3) is 6.93. The van der Waals surface area contributed by atoms with Gasteiger partial charge in [0.05, 0.1) is 18.4 Å². The first-order chi connectivity index (χ1) is 14.1. The van der Waals surface area contributed by atoms with Crippen molar-refractivity contribution in [2.45, 2.75) is 104 Å². The molecular weight excluding hydrogens is 387 g/mol. The highest BCUT2D eigenvalue weighted by molar-refractivity contribution is 5.72. The van der Waals surface area contributed by atoms with Gasteiger partial charge >= 0.3 is 11.9 Å². The Bertz CT molecular complexity index is 568. The molecule has 0 saturated heterocycles. The molecule has 0 spiro atoms. The van der Waals surface area contributed by atoms with Crippen LogP contribution in [0.1, 0.15) is 85.5 Å². The normalized spacial score (nSPS) is 34.5. The van der Waals surface area contributed by atoms with Gasteiger partial charge in [-0.25, -0.2) is 4.39 Å². The molecule has 5 nitrogen and oxygen atoms in total. The van der Waals surface area contributed by atoms with Gasteiger partial charge in [-0.15, -0.1) is 0 Å². The number of aliphatic hydroxyl groups excluding tert-OH is 1. The lowest BCUT2D eigenvalue weighted by molar-refractivity contribution is -0.167. The first-order valence-corrected chi connectivity index (χ1v) is 11.9. The van der Waals surface area contributed by atoms with Gasteiger partial charge in [-0.3, -0.25) is 9.59 Å². The molecule has 0 radical (unpaired) electrons. The molecule has 9 atom stereocenters. The molecule has 0 aromatic heterocycles. The van der Waals surface area contributed by atoms with Crippen molar-refractivity contribution in [3.05, 3.63) is 0 Å². The number of hydrogen-bond acceptors (Lipinski definition) is 4. The third-order valence-electron chi connectivity index (χ3n) is 7.57. The number of hydrogen-bond donors (Lipinski definition) is 2. The SMILES string of the molecule is CC[C@H](C)C(=O)O[C@H]1C[C@@H](C)CC2CC[C@H](C)[C@H](CC[C@@H](O)C[C@H](F)CC(=O)O)C21. The number of carboxylic acid groups (broad SMARTS) is 1. The Kier molecular flexibility index (Phi) is 9.58. The summed E-state index contributed by atoms with van der Waals surface area (Å²) in [5.74, 6) is 0.770. The fourth-order valence-electron chi connectivity index (χ4n) is 5.74. The average molecular weight is 429 g/mol. The molecule has 2 aliphatic rings. The highest BCUT2D eigenvalue weighted by atomic mass is 19.1. The quantitative estimate of drug-likeness (QED) is 0.479. The van der Waals surface area contributed by atoms with Gasteiger partial charge in [-0.1, -0.05) is 34.1 Å². The standard InChI is InChI=1S/C24H41FO5/c1-5-15(3)24(29)30-21-11-14(2)10-17-7-6-16(4)20(23(17)21)9-8-19(26)12-18(25)13-22(27)28/h14-21,23,26H,5-13H2,1-4H3,(H,27,28)/t14-,15-,16-,17?,18-,19+,20-,21-,23?/m0/s1. The van der Waals surface area contributed by atoms with E-state index in [0.29, 0.717) is 36.0 Å². The number of alkyl halides is 1. The van der Waals surface area contributed by atoms with E-state index < -0.39 is 24.7 Å². The van der Waals surface area contributed by atoms with Gasteiger partial charge in [-0.05, 0) is 62.2 Å². The molecule has 30 heavy (non-hydrogen) atoms. The fraction of sp³-hybridized carbons (Fsp3) is 0.917. The molecule has 0 amide bonds. The Morgan fingerprint density at radius 2 is 1.90 bits per heavy atom. The van der Waals surface area contributed by atoms with Crippen molar-refractivity contribution in [2.24, 2.45) is 35.5 Å². The molecule has 2 fully saturated rings. The lowest BCUT2D eigenvalue weighted by atomic mass is 9.58. The Labute approximate surface area is 180 Å². The van der Waals surface area contributed by atoms with Crippen LogP contribution in [0, 0.1) is 35.5 Å². The average Bonchev–Trinajstić information content (AvgIpc) is 2.65. The molecule has 6 heteroatoms. The number of ether oxygens (including phenoxy) is 1. The van der Waals surface area contributed by atoms with Crippen LogP contribution in [0.2, 0.25) is 0 Å². The van der Waals surface area contributed by atoms with Crippen LogP contribution < -0.4 is 0 Å². The second kappa shape index (κ2) is 11.4. The molecule has 0 aliphatic heterocycles. The highest BCUT2D eigenvalue weighted by Gasteiger charge is 2.46. The van der Waals surface area contributed by atoms with E-state index in [-0.39, 0.29) is 24.4 Å². The summed E-state index contributed by atoms with van der Waals surface area (Å²) in [6.45, 7) is 8.38. The maximum Gasteiger partial charge on any atom is 0.308 e. The molecule has 174 valence electrons. The largest absolute Gasteiger partial charge is 0.481 e. The summed E-state index contributed by atoms with van der Waals surface area (Å²) in [5, 5.41) is 19.0. The maximum absolute atomic E-state index is 13.8. The monoisotopic (exact) mass is 428 g/mol. The zero-order valence-electron chi connectivity index (χ0n) is 19.1. The Morgan fingerprint density at radius 3 is 2.53 bits per heavy atom. The van der Waals surface area contributed by atoms with E-state index in [2.05, 4.69) is 13.8 Å². The van der Waals surface area contributed by atoms with Crippen molar-refractivity contribution < 1.29 is 28.9 Å². The van der Waals surface area contributed by atoms with E-state index in [1.807, 2.05) is 13.8 Å². The van der Waals surface area contributed by atoms with E-state index in [0.717, 1.165) is 38.5 Å². The minimum absolute atomic E-state index is 0.0777. The van der Waals surface area contributed by atoms with Crippen molar-refractivity contribution in [3.8, 4) is 0 Å². The minimum atomic E-state index is -1.52. The number of aliphatic carboxylic acids is 1. The van der Waals surface area contributed by atoms with E-state index in [1.54, 1.807) is 0 Å². The number of carbonyl (C=O) groups is 2. The number of halogens is 1. The van der Waals surface area contributed by atoms with Gasteiger partial charge in [0.15, 0.2) is 0 Å². The lowest BCUT2D eigenvalue weighted by Crippen LogP contribution is -2.47. The smallest absolute Gasteiger partial charge is 0.308 e. The molecule has 2 rings (SSSR count). The maximum atomic E-state index is 13.8. The summed E-state index contributed by atoms with van der Waals surface area (Å²) in [6, 6.07) is 0. The molecule has 0 heterocycles. The number of esters is 1. The number of aliphatic hydroxyl groups is 1. The van der Waals surface area contributed by atoms with Crippen molar-refractivity contribution in [2.75, 3.05) is 0 Å². The minimum Gasteiger partial charge on any atom is -0.481 e. The summed E-state index contributed by atoms with van der Waals surface area (Å²) in [5.41, 5.74) is 0. The zero-order valence-corrected chi connectivity index (χ0v) is 19.1. The van der Waals surface area contributed by atoms with Crippen LogP contribution in [0.4, 0.5) is 4.39 Å². The van der Waals surface area contributed by atoms with E-state index >= 15 is 0 Å². The van der Waals surface area contributed by atoms with Gasteiger partial charge < -0.3 is 14.9 Å². The van der Waals surface area contributed by atoms with Crippen molar-refractivity contribution >= 4 is 11.9 Å². The van der Waals surface area contributed by atoms with Crippen LogP contribution in [0.5, 0.6) is 0 Å². The molecule has 2 unspecified atom stereocenters. The first kappa shape index (κ1) is 25.1. The van der Waals surface area contributed by atoms with Crippen LogP contribution in [0.25, 0.3) is 0 Å². The number of carbonyl (C=O) groups excluding carboxylic acids is 1. The molecule has 2 N–H and O–H groups in total. The van der Waals surface area contributed by atoms with Gasteiger partial charge in [0.2, 0.25) is 0 Å². The second-order valence-corrected chi connectivity index (χ2v) is 10.1. The summed E-state index contributed by atoms with van der Waals surface area (Å²) < 4.78 is 19.8. The van der Waals surface area contributed by atoms with Crippen LogP contribution in [0.15, 0.2) is 0 Å². The van der Waals surface area contributed by atoms with Gasteiger partial charge in [0.25, 0.3) is 0 Å². The number of carboxylic acids is 1. The Hall–Kier alpha value is -1.17. The van der Waals surface area contributed by atoms with E-state index in [1.165, 1.54) is 0 Å². The van der Waals surface area contributed by atoms with E-state index in [9.17, 15) is 19.1 Å². The van der Waals surface area contributed by atoms with Crippen molar-refractivity contribution in [3.63, 3.8) is 0 Å². The molecule has 0 aromatic carbocycles. The number of fused-ring (bicyclic) bond motifs is 1.